The Morgan fingerprint density at radius 2 is 2.00 bits per heavy atom. The molecule has 0 aliphatic heterocycles. The normalized spacial score (nSPS) is 13.8. The van der Waals surface area contributed by atoms with E-state index in [4.69, 9.17) is 15.9 Å². The van der Waals surface area contributed by atoms with Crippen LogP contribution in [-0.2, 0) is 11.2 Å². The number of carboxylic acids is 1. The summed E-state index contributed by atoms with van der Waals surface area (Å²) in [5.41, 5.74) is 3.21. The SMILES string of the molecule is C[C@](N)(Cc1c(F)cc(OBO)cc1F)C(=O)O. The zero-order valence-corrected chi connectivity index (χ0v) is 9.61. The van der Waals surface area contributed by atoms with E-state index in [0.717, 1.165) is 19.1 Å². The van der Waals surface area contributed by atoms with Crippen molar-refractivity contribution in [3.8, 4) is 5.75 Å². The second-order valence-corrected chi connectivity index (χ2v) is 4.04. The first-order valence-electron chi connectivity index (χ1n) is 5.02. The number of hydrogen-bond acceptors (Lipinski definition) is 4. The van der Waals surface area contributed by atoms with Crippen molar-refractivity contribution in [2.75, 3.05) is 0 Å². The molecule has 98 valence electrons. The fourth-order valence-electron chi connectivity index (χ4n) is 1.35. The van der Waals surface area contributed by atoms with Gasteiger partial charge in [0.2, 0.25) is 0 Å². The first-order valence-corrected chi connectivity index (χ1v) is 5.02. The summed E-state index contributed by atoms with van der Waals surface area (Å²) in [6.45, 7) is 1.16. The number of carboxylic acid groups (broad SMARTS) is 1. The maximum Gasteiger partial charge on any atom is 0.504 e. The van der Waals surface area contributed by atoms with Gasteiger partial charge in [-0.25, -0.2) is 8.78 Å². The highest BCUT2D eigenvalue weighted by Crippen LogP contribution is 2.23. The molecule has 1 aromatic rings. The molecule has 0 bridgehead atoms. The molecule has 8 heteroatoms. The Labute approximate surface area is 102 Å². The fourth-order valence-corrected chi connectivity index (χ4v) is 1.35. The fraction of sp³-hybridized carbons (Fsp3) is 0.300. The third-order valence-electron chi connectivity index (χ3n) is 2.38. The Morgan fingerprint density at radius 1 is 1.50 bits per heavy atom. The maximum absolute atomic E-state index is 13.6. The Morgan fingerprint density at radius 3 is 2.39 bits per heavy atom. The highest BCUT2D eigenvalue weighted by atomic mass is 19.1. The molecule has 0 aliphatic rings. The molecule has 0 radical (unpaired) electrons. The Hall–Kier alpha value is -1.67. The van der Waals surface area contributed by atoms with Crippen LogP contribution in [0.4, 0.5) is 8.78 Å². The molecule has 0 heterocycles. The summed E-state index contributed by atoms with van der Waals surface area (Å²) in [5, 5.41) is 17.3. The molecule has 1 rings (SSSR count). The van der Waals surface area contributed by atoms with Gasteiger partial charge in [-0.3, -0.25) is 4.79 Å². The lowest BCUT2D eigenvalue weighted by atomic mass is 9.93. The minimum absolute atomic E-state index is 0.190. The first kappa shape index (κ1) is 14.4. The van der Waals surface area contributed by atoms with E-state index >= 15 is 0 Å². The van der Waals surface area contributed by atoms with Gasteiger partial charge in [0.25, 0.3) is 0 Å². The number of carbonyl (C=O) groups is 1. The Balaban J connectivity index is 3.07. The van der Waals surface area contributed by atoms with Gasteiger partial charge in [-0.15, -0.1) is 0 Å². The second kappa shape index (κ2) is 5.32. The predicted octanol–water partition coefficient (Wildman–Crippen LogP) is -0.0531. The molecule has 0 aromatic heterocycles. The van der Waals surface area contributed by atoms with Crippen LogP contribution in [0.15, 0.2) is 12.1 Å². The highest BCUT2D eigenvalue weighted by Gasteiger charge is 2.31. The van der Waals surface area contributed by atoms with Gasteiger partial charge in [-0.1, -0.05) is 0 Å². The van der Waals surface area contributed by atoms with E-state index in [-0.39, 0.29) is 5.75 Å². The summed E-state index contributed by atoms with van der Waals surface area (Å²) in [7, 11) is -0.720. The average molecular weight is 259 g/mol. The minimum Gasteiger partial charge on any atom is -0.539 e. The zero-order chi connectivity index (χ0) is 13.9. The highest BCUT2D eigenvalue weighted by molar-refractivity contribution is 6.17. The minimum atomic E-state index is -1.78. The van der Waals surface area contributed by atoms with E-state index < -0.39 is 42.8 Å². The van der Waals surface area contributed by atoms with Gasteiger partial charge in [-0.2, -0.15) is 0 Å². The van der Waals surface area contributed by atoms with Gasteiger partial charge in [0.05, 0.1) is 0 Å². The van der Waals surface area contributed by atoms with Crippen molar-refractivity contribution in [3.05, 3.63) is 29.3 Å². The van der Waals surface area contributed by atoms with E-state index in [0.29, 0.717) is 0 Å². The largest absolute Gasteiger partial charge is 0.539 e. The van der Waals surface area contributed by atoms with Crippen LogP contribution in [0, 0.1) is 11.6 Å². The van der Waals surface area contributed by atoms with Crippen LogP contribution < -0.4 is 10.4 Å². The molecule has 0 amide bonds. The van der Waals surface area contributed by atoms with Gasteiger partial charge in [0.15, 0.2) is 0 Å². The van der Waals surface area contributed by atoms with Gasteiger partial charge >= 0.3 is 13.7 Å². The Kier molecular flexibility index (Phi) is 4.26. The van der Waals surface area contributed by atoms with Gasteiger partial charge in [0.1, 0.15) is 22.9 Å². The number of benzene rings is 1. The second-order valence-electron chi connectivity index (χ2n) is 4.04. The van der Waals surface area contributed by atoms with Crippen LogP contribution in [0.2, 0.25) is 0 Å². The molecule has 1 atom stereocenters. The molecule has 18 heavy (non-hydrogen) atoms. The summed E-state index contributed by atoms with van der Waals surface area (Å²) in [6, 6.07) is 1.71. The van der Waals surface area contributed by atoms with Crippen molar-refractivity contribution in [2.24, 2.45) is 5.73 Å². The summed E-state index contributed by atoms with van der Waals surface area (Å²) < 4.78 is 31.7. The van der Waals surface area contributed by atoms with Crippen molar-refractivity contribution < 1.29 is 28.4 Å². The molecular formula is C10H12BF2NO4. The molecular weight excluding hydrogens is 247 g/mol. The van der Waals surface area contributed by atoms with E-state index in [1.165, 1.54) is 0 Å². The third-order valence-corrected chi connectivity index (χ3v) is 2.38. The monoisotopic (exact) mass is 259 g/mol. The number of nitrogens with two attached hydrogens (primary N) is 1. The Bertz CT molecular complexity index is 444. The van der Waals surface area contributed by atoms with Crippen molar-refractivity contribution in [1.29, 1.82) is 0 Å². The number of rotatable bonds is 5. The number of halogens is 2. The van der Waals surface area contributed by atoms with Crippen LogP contribution in [0.25, 0.3) is 0 Å². The summed E-state index contributed by atoms with van der Waals surface area (Å²) in [5.74, 6) is -3.50. The van der Waals surface area contributed by atoms with Gasteiger partial charge in [-0.05, 0) is 6.92 Å². The van der Waals surface area contributed by atoms with Crippen LogP contribution in [0.5, 0.6) is 5.75 Å². The molecule has 0 fully saturated rings. The zero-order valence-electron chi connectivity index (χ0n) is 9.61. The average Bonchev–Trinajstić information content (AvgIpc) is 2.24. The summed E-state index contributed by atoms with van der Waals surface area (Å²) >= 11 is 0. The van der Waals surface area contributed by atoms with Gasteiger partial charge in [0, 0.05) is 24.1 Å². The lowest BCUT2D eigenvalue weighted by molar-refractivity contribution is -0.142. The quantitative estimate of drug-likeness (QED) is 0.644. The third kappa shape index (κ3) is 3.17. The molecule has 0 unspecified atom stereocenters. The molecule has 0 saturated heterocycles. The van der Waals surface area contributed by atoms with Crippen molar-refractivity contribution in [2.45, 2.75) is 18.9 Å². The molecule has 0 saturated carbocycles. The van der Waals surface area contributed by atoms with E-state index in [1.807, 2.05) is 0 Å². The van der Waals surface area contributed by atoms with Crippen LogP contribution in [-0.4, -0.2) is 29.3 Å². The lowest BCUT2D eigenvalue weighted by Crippen LogP contribution is -2.47. The lowest BCUT2D eigenvalue weighted by Gasteiger charge is -2.20. The van der Waals surface area contributed by atoms with Crippen molar-refractivity contribution in [1.82, 2.24) is 0 Å². The number of aliphatic carboxylic acids is 1. The topological polar surface area (TPSA) is 92.8 Å². The number of hydrogen-bond donors (Lipinski definition) is 3. The molecule has 0 aliphatic carbocycles. The van der Waals surface area contributed by atoms with Gasteiger partial charge < -0.3 is 20.5 Å². The summed E-state index contributed by atoms with van der Waals surface area (Å²) in [6.07, 6.45) is -0.501. The maximum atomic E-state index is 13.6. The van der Waals surface area contributed by atoms with Crippen molar-refractivity contribution >= 4 is 13.7 Å². The molecule has 4 N–H and O–H groups in total. The molecule has 5 nitrogen and oxygen atoms in total. The van der Waals surface area contributed by atoms with E-state index in [2.05, 4.69) is 4.65 Å². The molecule has 0 spiro atoms. The van der Waals surface area contributed by atoms with E-state index in [1.54, 1.807) is 0 Å². The van der Waals surface area contributed by atoms with Crippen molar-refractivity contribution in [3.63, 3.8) is 0 Å². The first-order chi connectivity index (χ1) is 8.27. The van der Waals surface area contributed by atoms with Crippen LogP contribution in [0.3, 0.4) is 0 Å². The standard InChI is InChI=1S/C10H12BF2NO4/c1-10(14,9(15)16)4-6-7(12)2-5(18-11-17)3-8(6)13/h2-3,11,17H,4,14H2,1H3,(H,15,16)/t10-/m0/s1. The van der Waals surface area contributed by atoms with E-state index in [9.17, 15) is 13.6 Å². The van der Waals surface area contributed by atoms with Crippen LogP contribution >= 0.6 is 0 Å². The molecule has 1 aromatic carbocycles. The van der Waals surface area contributed by atoms with Crippen LogP contribution in [0.1, 0.15) is 12.5 Å². The predicted molar refractivity (Wildman–Crippen MR) is 60.3 cm³/mol. The smallest absolute Gasteiger partial charge is 0.504 e. The summed E-state index contributed by atoms with van der Waals surface area (Å²) in [4.78, 5) is 10.8.